The molecule has 0 unspecified atom stereocenters. The van der Waals surface area contributed by atoms with Gasteiger partial charge in [-0.25, -0.2) is 0 Å². The standard InChI is InChI=1S/C8H16N2/c1-2-3-4-7-10-8-5-6-9/h10H,2-5,7-8H2,1H3/p+1. The van der Waals surface area contributed by atoms with E-state index in [1.165, 1.54) is 25.8 Å². The third-order valence-corrected chi connectivity index (χ3v) is 1.47. The van der Waals surface area contributed by atoms with Crippen LogP contribution in [-0.2, 0) is 0 Å². The lowest BCUT2D eigenvalue weighted by Crippen LogP contribution is -2.84. The van der Waals surface area contributed by atoms with Gasteiger partial charge in [-0.2, -0.15) is 5.26 Å². The highest BCUT2D eigenvalue weighted by Gasteiger charge is 1.88. The van der Waals surface area contributed by atoms with Crippen molar-refractivity contribution in [3.05, 3.63) is 0 Å². The molecule has 0 radical (unpaired) electrons. The molecule has 2 nitrogen and oxygen atoms in total. The summed E-state index contributed by atoms with van der Waals surface area (Å²) >= 11 is 0. The number of quaternary nitrogens is 1. The van der Waals surface area contributed by atoms with E-state index in [0.29, 0.717) is 6.42 Å². The van der Waals surface area contributed by atoms with Crippen LogP contribution in [0.3, 0.4) is 0 Å². The van der Waals surface area contributed by atoms with E-state index in [4.69, 9.17) is 5.26 Å². The van der Waals surface area contributed by atoms with Crippen LogP contribution in [-0.4, -0.2) is 13.1 Å². The molecule has 2 N–H and O–H groups in total. The van der Waals surface area contributed by atoms with E-state index in [1.807, 2.05) is 0 Å². The second-order valence-corrected chi connectivity index (χ2v) is 2.48. The summed E-state index contributed by atoms with van der Waals surface area (Å²) in [5.41, 5.74) is 0. The van der Waals surface area contributed by atoms with Crippen LogP contribution < -0.4 is 5.32 Å². The van der Waals surface area contributed by atoms with Gasteiger partial charge in [-0.1, -0.05) is 13.3 Å². The second kappa shape index (κ2) is 8.45. The Kier molecular flexibility index (Phi) is 7.99. The molecule has 0 saturated heterocycles. The number of nitriles is 1. The zero-order chi connectivity index (χ0) is 7.66. The first-order chi connectivity index (χ1) is 4.91. The summed E-state index contributed by atoms with van der Waals surface area (Å²) in [6.07, 6.45) is 4.59. The van der Waals surface area contributed by atoms with Gasteiger partial charge in [0.25, 0.3) is 0 Å². The summed E-state index contributed by atoms with van der Waals surface area (Å²) in [7, 11) is 0. The molecule has 0 atom stereocenters. The van der Waals surface area contributed by atoms with E-state index in [0.717, 1.165) is 6.54 Å². The smallest absolute Gasteiger partial charge is 0.0887 e. The average Bonchev–Trinajstić information content (AvgIpc) is 1.97. The molecule has 0 aliphatic carbocycles. The highest BCUT2D eigenvalue weighted by atomic mass is 14.8. The molecule has 58 valence electrons. The van der Waals surface area contributed by atoms with Crippen molar-refractivity contribution in [2.45, 2.75) is 32.6 Å². The summed E-state index contributed by atoms with van der Waals surface area (Å²) in [5.74, 6) is 0. The average molecular weight is 141 g/mol. The molecule has 0 aliphatic rings. The largest absolute Gasteiger partial charge is 0.345 e. The predicted octanol–water partition coefficient (Wildman–Crippen LogP) is 0.654. The third-order valence-electron chi connectivity index (χ3n) is 1.47. The molecule has 2 heteroatoms. The summed E-state index contributed by atoms with van der Waals surface area (Å²) in [6.45, 7) is 4.37. The van der Waals surface area contributed by atoms with Gasteiger partial charge in [0.1, 0.15) is 0 Å². The zero-order valence-corrected chi connectivity index (χ0v) is 6.77. The molecule has 0 rings (SSSR count). The van der Waals surface area contributed by atoms with Gasteiger partial charge >= 0.3 is 0 Å². The Balaban J connectivity index is 2.72. The van der Waals surface area contributed by atoms with Gasteiger partial charge in [0.05, 0.1) is 25.6 Å². The maximum atomic E-state index is 8.20. The van der Waals surface area contributed by atoms with E-state index >= 15 is 0 Å². The number of rotatable bonds is 6. The van der Waals surface area contributed by atoms with Crippen molar-refractivity contribution in [2.75, 3.05) is 13.1 Å². The number of hydrogen-bond donors (Lipinski definition) is 1. The molecule has 0 aromatic rings. The van der Waals surface area contributed by atoms with Gasteiger partial charge in [0.15, 0.2) is 0 Å². The quantitative estimate of drug-likeness (QED) is 0.542. The predicted molar refractivity (Wildman–Crippen MR) is 41.4 cm³/mol. The van der Waals surface area contributed by atoms with E-state index in [2.05, 4.69) is 18.3 Å². The molecule has 0 amide bonds. The monoisotopic (exact) mass is 141 g/mol. The second-order valence-electron chi connectivity index (χ2n) is 2.48. The molecule has 0 saturated carbocycles. The molecule has 0 bridgehead atoms. The van der Waals surface area contributed by atoms with Crippen molar-refractivity contribution in [2.24, 2.45) is 0 Å². The fourth-order valence-corrected chi connectivity index (χ4v) is 0.850. The van der Waals surface area contributed by atoms with Gasteiger partial charge in [-0.15, -0.1) is 0 Å². The van der Waals surface area contributed by atoms with Gasteiger partial charge in [-0.05, 0) is 12.8 Å². The topological polar surface area (TPSA) is 40.4 Å². The summed E-state index contributed by atoms with van der Waals surface area (Å²) in [4.78, 5) is 0. The normalized spacial score (nSPS) is 9.20. The van der Waals surface area contributed by atoms with Crippen LogP contribution in [0.1, 0.15) is 32.6 Å². The Hall–Kier alpha value is -0.550. The highest BCUT2D eigenvalue weighted by Crippen LogP contribution is 1.88. The first-order valence-electron chi connectivity index (χ1n) is 4.10. The molecule has 10 heavy (non-hydrogen) atoms. The minimum Gasteiger partial charge on any atom is -0.345 e. The summed E-state index contributed by atoms with van der Waals surface area (Å²) in [5, 5.41) is 10.4. The minimum absolute atomic E-state index is 0.687. The van der Waals surface area contributed by atoms with Crippen LogP contribution in [0.2, 0.25) is 0 Å². The lowest BCUT2D eigenvalue weighted by atomic mass is 10.2. The zero-order valence-electron chi connectivity index (χ0n) is 6.77. The van der Waals surface area contributed by atoms with Crippen molar-refractivity contribution < 1.29 is 5.32 Å². The molecule has 0 aliphatic heterocycles. The molecule has 0 aromatic heterocycles. The van der Waals surface area contributed by atoms with Crippen LogP contribution in [0.15, 0.2) is 0 Å². The minimum atomic E-state index is 0.687. The highest BCUT2D eigenvalue weighted by molar-refractivity contribution is 4.65. The van der Waals surface area contributed by atoms with Crippen molar-refractivity contribution >= 4 is 0 Å². The van der Waals surface area contributed by atoms with Gasteiger partial charge in [0.2, 0.25) is 0 Å². The first kappa shape index (κ1) is 9.45. The third kappa shape index (κ3) is 7.45. The van der Waals surface area contributed by atoms with E-state index in [1.54, 1.807) is 0 Å². The number of nitrogens with zero attached hydrogens (tertiary/aromatic N) is 1. The molecular weight excluding hydrogens is 124 g/mol. The van der Waals surface area contributed by atoms with Crippen molar-refractivity contribution in [1.82, 2.24) is 0 Å². The molecule has 0 heterocycles. The van der Waals surface area contributed by atoms with Crippen LogP contribution in [0.4, 0.5) is 0 Å². The Labute approximate surface area is 63.2 Å². The Morgan fingerprint density at radius 3 is 2.70 bits per heavy atom. The van der Waals surface area contributed by atoms with Gasteiger partial charge in [0, 0.05) is 0 Å². The van der Waals surface area contributed by atoms with E-state index in [9.17, 15) is 0 Å². The Morgan fingerprint density at radius 1 is 1.30 bits per heavy atom. The Bertz CT molecular complexity index is 93.9. The van der Waals surface area contributed by atoms with E-state index < -0.39 is 0 Å². The maximum Gasteiger partial charge on any atom is 0.0887 e. The van der Waals surface area contributed by atoms with E-state index in [-0.39, 0.29) is 0 Å². The van der Waals surface area contributed by atoms with Crippen LogP contribution in [0, 0.1) is 11.3 Å². The van der Waals surface area contributed by atoms with Gasteiger partial charge in [-0.3, -0.25) is 0 Å². The number of unbranched alkanes of at least 4 members (excludes halogenated alkanes) is 2. The van der Waals surface area contributed by atoms with Crippen LogP contribution >= 0.6 is 0 Å². The fourth-order valence-electron chi connectivity index (χ4n) is 0.850. The number of nitrogens with two attached hydrogens (primary N) is 1. The lowest BCUT2D eigenvalue weighted by molar-refractivity contribution is -0.654. The van der Waals surface area contributed by atoms with Gasteiger partial charge < -0.3 is 5.32 Å². The summed E-state index contributed by atoms with van der Waals surface area (Å²) < 4.78 is 0. The summed E-state index contributed by atoms with van der Waals surface area (Å²) in [6, 6.07) is 2.13. The molecular formula is C8H17N2+. The first-order valence-corrected chi connectivity index (χ1v) is 4.10. The van der Waals surface area contributed by atoms with Crippen molar-refractivity contribution in [1.29, 1.82) is 5.26 Å². The molecule has 0 fully saturated rings. The van der Waals surface area contributed by atoms with Crippen molar-refractivity contribution in [3.63, 3.8) is 0 Å². The van der Waals surface area contributed by atoms with Crippen LogP contribution in [0.5, 0.6) is 0 Å². The van der Waals surface area contributed by atoms with Crippen LogP contribution in [0.25, 0.3) is 0 Å². The lowest BCUT2D eigenvalue weighted by Gasteiger charge is -1.96. The molecule has 0 aromatic carbocycles. The molecule has 0 spiro atoms. The van der Waals surface area contributed by atoms with Crippen molar-refractivity contribution in [3.8, 4) is 6.07 Å². The SMILES string of the molecule is CCCCC[NH2+]CCC#N. The Morgan fingerprint density at radius 2 is 2.10 bits per heavy atom. The number of hydrogen-bond acceptors (Lipinski definition) is 1. The fraction of sp³-hybridized carbons (Fsp3) is 0.875. The maximum absolute atomic E-state index is 8.20.